The quantitative estimate of drug-likeness (QED) is 0.652. The van der Waals surface area contributed by atoms with E-state index in [0.717, 1.165) is 58.6 Å². The molecule has 0 aromatic heterocycles. The minimum absolute atomic E-state index is 0.250. The smallest absolute Gasteiger partial charge is 0.220 e. The third-order valence-electron chi connectivity index (χ3n) is 4.71. The number of methoxy groups -OCH3 is 1. The van der Waals surface area contributed by atoms with Gasteiger partial charge in [-0.3, -0.25) is 4.79 Å². The third kappa shape index (κ3) is 6.32. The van der Waals surface area contributed by atoms with Crippen LogP contribution in [0.3, 0.4) is 0 Å². The fraction of sp³-hybridized carbons (Fsp3) is 0.938. The van der Waals surface area contributed by atoms with Crippen LogP contribution in [0.1, 0.15) is 32.1 Å². The van der Waals surface area contributed by atoms with Crippen molar-refractivity contribution < 1.29 is 9.53 Å². The number of piperidine rings is 1. The van der Waals surface area contributed by atoms with Crippen LogP contribution in [0.25, 0.3) is 0 Å². The van der Waals surface area contributed by atoms with E-state index in [1.165, 1.54) is 13.0 Å². The predicted molar refractivity (Wildman–Crippen MR) is 84.3 cm³/mol. The first-order chi connectivity index (χ1) is 10.3. The van der Waals surface area contributed by atoms with Crippen molar-refractivity contribution in [2.24, 2.45) is 11.8 Å². The Balaban J connectivity index is 1.55. The van der Waals surface area contributed by atoms with Crippen LogP contribution in [-0.4, -0.2) is 63.8 Å². The van der Waals surface area contributed by atoms with Gasteiger partial charge in [-0.1, -0.05) is 0 Å². The predicted octanol–water partition coefficient (Wildman–Crippen LogP) is 0.851. The summed E-state index contributed by atoms with van der Waals surface area (Å²) in [4.78, 5) is 14.5. The van der Waals surface area contributed by atoms with E-state index in [4.69, 9.17) is 4.74 Å². The zero-order valence-corrected chi connectivity index (χ0v) is 13.4. The maximum atomic E-state index is 12.0. The van der Waals surface area contributed by atoms with Crippen molar-refractivity contribution in [3.05, 3.63) is 0 Å². The first-order valence-corrected chi connectivity index (χ1v) is 8.46. The number of likely N-dealkylation sites (tertiary alicyclic amines) is 1. The molecule has 2 rings (SSSR count). The van der Waals surface area contributed by atoms with Gasteiger partial charge in [-0.25, -0.2) is 0 Å². The van der Waals surface area contributed by atoms with E-state index >= 15 is 0 Å². The van der Waals surface area contributed by atoms with E-state index < -0.39 is 0 Å². The normalized spacial score (nSPS) is 24.3. The van der Waals surface area contributed by atoms with E-state index in [9.17, 15) is 4.79 Å². The highest BCUT2D eigenvalue weighted by Crippen LogP contribution is 2.17. The lowest BCUT2D eigenvalue weighted by molar-refractivity contribution is -0.122. The molecule has 2 heterocycles. The number of amides is 1. The Hall–Kier alpha value is -0.650. The molecule has 2 fully saturated rings. The van der Waals surface area contributed by atoms with Crippen molar-refractivity contribution in [3.8, 4) is 0 Å². The molecule has 0 aliphatic carbocycles. The standard InChI is InChI=1S/C16H31N3O2/c1-21-10-2-8-19-9-5-15(13-19)12-18-16(20)11-14-3-6-17-7-4-14/h14-15,17H,2-13H2,1H3,(H,18,20). The molecular formula is C16H31N3O2. The second-order valence-electron chi connectivity index (χ2n) is 6.50. The van der Waals surface area contributed by atoms with Crippen molar-refractivity contribution >= 4 is 5.91 Å². The number of nitrogens with zero attached hydrogens (tertiary/aromatic N) is 1. The summed E-state index contributed by atoms with van der Waals surface area (Å²) in [5.41, 5.74) is 0. The minimum Gasteiger partial charge on any atom is -0.385 e. The van der Waals surface area contributed by atoms with E-state index in [0.29, 0.717) is 18.3 Å². The summed E-state index contributed by atoms with van der Waals surface area (Å²) in [7, 11) is 1.75. The van der Waals surface area contributed by atoms with Crippen LogP contribution in [-0.2, 0) is 9.53 Å². The second-order valence-corrected chi connectivity index (χ2v) is 6.50. The maximum absolute atomic E-state index is 12.0. The van der Waals surface area contributed by atoms with E-state index in [-0.39, 0.29) is 5.91 Å². The van der Waals surface area contributed by atoms with E-state index in [1.54, 1.807) is 7.11 Å². The zero-order chi connectivity index (χ0) is 14.9. The van der Waals surface area contributed by atoms with Gasteiger partial charge >= 0.3 is 0 Å². The maximum Gasteiger partial charge on any atom is 0.220 e. The van der Waals surface area contributed by atoms with Gasteiger partial charge in [0.05, 0.1) is 0 Å². The topological polar surface area (TPSA) is 53.6 Å². The lowest BCUT2D eigenvalue weighted by Gasteiger charge is -2.22. The van der Waals surface area contributed by atoms with Crippen LogP contribution < -0.4 is 10.6 Å². The monoisotopic (exact) mass is 297 g/mol. The van der Waals surface area contributed by atoms with Crippen molar-refractivity contribution in [3.63, 3.8) is 0 Å². The molecule has 0 radical (unpaired) electrons. The van der Waals surface area contributed by atoms with Crippen LogP contribution in [0.4, 0.5) is 0 Å². The summed E-state index contributed by atoms with van der Waals surface area (Å²) in [5.74, 6) is 1.46. The molecule has 2 saturated heterocycles. The number of hydrogen-bond donors (Lipinski definition) is 2. The van der Waals surface area contributed by atoms with Crippen molar-refractivity contribution in [1.29, 1.82) is 0 Å². The number of carbonyl (C=O) groups is 1. The lowest BCUT2D eigenvalue weighted by atomic mass is 9.94. The summed E-state index contributed by atoms with van der Waals surface area (Å²) < 4.78 is 5.09. The van der Waals surface area contributed by atoms with Gasteiger partial charge in [0, 0.05) is 39.8 Å². The van der Waals surface area contributed by atoms with Gasteiger partial charge in [0.1, 0.15) is 0 Å². The SMILES string of the molecule is COCCCN1CCC(CNC(=O)CC2CCNCC2)C1. The number of nitrogens with one attached hydrogen (secondary N) is 2. The van der Waals surface area contributed by atoms with Crippen molar-refractivity contribution in [2.45, 2.75) is 32.1 Å². The molecule has 2 aliphatic rings. The molecule has 5 heteroatoms. The van der Waals surface area contributed by atoms with Gasteiger partial charge in [0.25, 0.3) is 0 Å². The Morgan fingerprint density at radius 1 is 1.29 bits per heavy atom. The Labute approximate surface area is 128 Å². The zero-order valence-electron chi connectivity index (χ0n) is 13.4. The Morgan fingerprint density at radius 2 is 2.10 bits per heavy atom. The average Bonchev–Trinajstić information content (AvgIpc) is 2.94. The van der Waals surface area contributed by atoms with Crippen LogP contribution in [0.2, 0.25) is 0 Å². The Kier molecular flexibility index (Phi) is 7.47. The first kappa shape index (κ1) is 16.7. The van der Waals surface area contributed by atoms with Crippen LogP contribution in [0.15, 0.2) is 0 Å². The summed E-state index contributed by atoms with van der Waals surface area (Å²) >= 11 is 0. The lowest BCUT2D eigenvalue weighted by Crippen LogP contribution is -2.35. The molecule has 21 heavy (non-hydrogen) atoms. The third-order valence-corrected chi connectivity index (χ3v) is 4.71. The molecule has 2 aliphatic heterocycles. The molecule has 1 unspecified atom stereocenters. The first-order valence-electron chi connectivity index (χ1n) is 8.46. The molecule has 0 spiro atoms. The van der Waals surface area contributed by atoms with Crippen molar-refractivity contribution in [2.75, 3.05) is 53.0 Å². The van der Waals surface area contributed by atoms with Gasteiger partial charge in [0.2, 0.25) is 5.91 Å². The highest BCUT2D eigenvalue weighted by molar-refractivity contribution is 5.76. The molecule has 122 valence electrons. The van der Waals surface area contributed by atoms with Gasteiger partial charge in [-0.2, -0.15) is 0 Å². The van der Waals surface area contributed by atoms with Crippen LogP contribution in [0, 0.1) is 11.8 Å². The minimum atomic E-state index is 0.250. The molecule has 0 bridgehead atoms. The summed E-state index contributed by atoms with van der Waals surface area (Å²) in [6.07, 6.45) is 5.31. The van der Waals surface area contributed by atoms with Crippen LogP contribution >= 0.6 is 0 Å². The van der Waals surface area contributed by atoms with Crippen LogP contribution in [0.5, 0.6) is 0 Å². The fourth-order valence-corrected chi connectivity index (χ4v) is 3.39. The van der Waals surface area contributed by atoms with Crippen molar-refractivity contribution in [1.82, 2.24) is 15.5 Å². The highest BCUT2D eigenvalue weighted by Gasteiger charge is 2.23. The number of rotatable bonds is 8. The molecule has 0 aromatic carbocycles. The number of carbonyl (C=O) groups excluding carboxylic acids is 1. The fourth-order valence-electron chi connectivity index (χ4n) is 3.39. The summed E-state index contributed by atoms with van der Waals surface area (Å²) in [6, 6.07) is 0. The highest BCUT2D eigenvalue weighted by atomic mass is 16.5. The molecule has 0 saturated carbocycles. The summed E-state index contributed by atoms with van der Waals surface area (Å²) in [6.45, 7) is 7.23. The Bertz CT molecular complexity index is 306. The molecule has 2 N–H and O–H groups in total. The van der Waals surface area contributed by atoms with Gasteiger partial charge < -0.3 is 20.3 Å². The number of hydrogen-bond acceptors (Lipinski definition) is 4. The average molecular weight is 297 g/mol. The van der Waals surface area contributed by atoms with Gasteiger partial charge in [-0.15, -0.1) is 0 Å². The van der Waals surface area contributed by atoms with Gasteiger partial charge in [0.15, 0.2) is 0 Å². The molecule has 5 nitrogen and oxygen atoms in total. The molecule has 0 aromatic rings. The van der Waals surface area contributed by atoms with Gasteiger partial charge in [-0.05, 0) is 57.2 Å². The summed E-state index contributed by atoms with van der Waals surface area (Å²) in [5, 5.41) is 6.49. The molecule has 1 atom stereocenters. The largest absolute Gasteiger partial charge is 0.385 e. The molecular weight excluding hydrogens is 266 g/mol. The second kappa shape index (κ2) is 9.38. The number of ether oxygens (including phenoxy) is 1. The Morgan fingerprint density at radius 3 is 2.86 bits per heavy atom. The molecule has 1 amide bonds. The van der Waals surface area contributed by atoms with E-state index in [2.05, 4.69) is 15.5 Å². The van der Waals surface area contributed by atoms with E-state index in [1.807, 2.05) is 0 Å².